The molecule has 29 heavy (non-hydrogen) atoms. The van der Waals surface area contributed by atoms with E-state index >= 15 is 0 Å². The third kappa shape index (κ3) is 7.91. The quantitative estimate of drug-likeness (QED) is 0.315. The molecule has 0 atom stereocenters. The topological polar surface area (TPSA) is 75.2 Å². The summed E-state index contributed by atoms with van der Waals surface area (Å²) in [6, 6.07) is 6.00. The molecule has 2 rings (SSSR count). The first kappa shape index (κ1) is 25.3. The molecule has 1 aliphatic heterocycles. The standard InChI is InChI=1S/C21H34N4O3.HI/c1-5-12-28-18-7-6-17(13-19(18)27-4)15-24-21(23-3)25-10-8-16(9-11-25)14-20(26)22-2;/h6-7,13,16H,5,8-12,14-15H2,1-4H3,(H,22,26)(H,23,24);1H. The number of nitrogens with one attached hydrogen (secondary N) is 2. The lowest BCUT2D eigenvalue weighted by Crippen LogP contribution is -2.45. The molecule has 8 heteroatoms. The second-order valence-corrected chi connectivity index (χ2v) is 7.04. The summed E-state index contributed by atoms with van der Waals surface area (Å²) in [5.41, 5.74) is 1.11. The lowest BCUT2D eigenvalue weighted by molar-refractivity contribution is -0.121. The lowest BCUT2D eigenvalue weighted by Gasteiger charge is -2.34. The van der Waals surface area contributed by atoms with Crippen LogP contribution >= 0.6 is 24.0 Å². The summed E-state index contributed by atoms with van der Waals surface area (Å²) < 4.78 is 11.2. The zero-order chi connectivity index (χ0) is 20.4. The predicted octanol–water partition coefficient (Wildman–Crippen LogP) is 3.03. The van der Waals surface area contributed by atoms with Gasteiger partial charge in [-0.1, -0.05) is 13.0 Å². The Hall–Kier alpha value is -1.71. The molecule has 0 radical (unpaired) electrons. The average Bonchev–Trinajstić information content (AvgIpc) is 2.73. The van der Waals surface area contributed by atoms with E-state index in [0.717, 1.165) is 55.4 Å². The zero-order valence-electron chi connectivity index (χ0n) is 18.0. The van der Waals surface area contributed by atoms with Crippen LogP contribution in [0.3, 0.4) is 0 Å². The molecule has 0 bridgehead atoms. The van der Waals surface area contributed by atoms with Crippen molar-refractivity contribution in [3.63, 3.8) is 0 Å². The first-order chi connectivity index (χ1) is 13.6. The van der Waals surface area contributed by atoms with E-state index in [2.05, 4.69) is 27.4 Å². The van der Waals surface area contributed by atoms with Gasteiger partial charge in [0.1, 0.15) is 0 Å². The van der Waals surface area contributed by atoms with Crippen molar-refractivity contribution in [2.24, 2.45) is 10.9 Å². The summed E-state index contributed by atoms with van der Waals surface area (Å²) in [7, 11) is 5.16. The second kappa shape index (κ2) is 13.5. The number of ether oxygens (including phenoxy) is 2. The molecule has 0 spiro atoms. The van der Waals surface area contributed by atoms with Crippen LogP contribution in [0.25, 0.3) is 0 Å². The van der Waals surface area contributed by atoms with Crippen molar-refractivity contribution < 1.29 is 14.3 Å². The van der Waals surface area contributed by atoms with E-state index in [-0.39, 0.29) is 29.9 Å². The number of hydrogen-bond acceptors (Lipinski definition) is 4. The fraction of sp³-hybridized carbons (Fsp3) is 0.619. The van der Waals surface area contributed by atoms with Crippen LogP contribution < -0.4 is 20.1 Å². The Morgan fingerprint density at radius 3 is 2.59 bits per heavy atom. The number of rotatable bonds is 8. The highest BCUT2D eigenvalue weighted by atomic mass is 127. The van der Waals surface area contributed by atoms with Crippen LogP contribution in [0, 0.1) is 5.92 Å². The first-order valence-corrected chi connectivity index (χ1v) is 10.1. The van der Waals surface area contributed by atoms with Crippen LogP contribution in [0.1, 0.15) is 38.2 Å². The normalized spacial score (nSPS) is 14.8. The van der Waals surface area contributed by atoms with Gasteiger partial charge in [-0.05, 0) is 42.9 Å². The predicted molar refractivity (Wildman–Crippen MR) is 127 cm³/mol. The van der Waals surface area contributed by atoms with E-state index in [1.165, 1.54) is 0 Å². The Labute approximate surface area is 191 Å². The number of guanidine groups is 1. The number of carbonyl (C=O) groups is 1. The van der Waals surface area contributed by atoms with Crippen LogP contribution in [0.4, 0.5) is 0 Å². The van der Waals surface area contributed by atoms with Crippen LogP contribution in [0.15, 0.2) is 23.2 Å². The highest BCUT2D eigenvalue weighted by Gasteiger charge is 2.23. The number of methoxy groups -OCH3 is 1. The first-order valence-electron chi connectivity index (χ1n) is 10.1. The number of aliphatic imine (C=N–C) groups is 1. The van der Waals surface area contributed by atoms with E-state index in [1.807, 2.05) is 18.2 Å². The van der Waals surface area contributed by atoms with Crippen LogP contribution in [0.5, 0.6) is 11.5 Å². The summed E-state index contributed by atoms with van der Waals surface area (Å²) in [4.78, 5) is 18.3. The zero-order valence-corrected chi connectivity index (χ0v) is 20.3. The third-order valence-corrected chi connectivity index (χ3v) is 5.02. The van der Waals surface area contributed by atoms with Gasteiger partial charge < -0.3 is 25.0 Å². The number of benzene rings is 1. The molecule has 0 aromatic heterocycles. The minimum absolute atomic E-state index is 0. The van der Waals surface area contributed by atoms with E-state index in [0.29, 0.717) is 25.5 Å². The molecule has 0 saturated carbocycles. The molecular formula is C21H35IN4O3. The Morgan fingerprint density at radius 2 is 2.00 bits per heavy atom. The van der Waals surface area contributed by atoms with Crippen molar-refractivity contribution in [2.45, 2.75) is 39.2 Å². The van der Waals surface area contributed by atoms with E-state index in [4.69, 9.17) is 9.47 Å². The van der Waals surface area contributed by atoms with Gasteiger partial charge in [0, 0.05) is 40.2 Å². The van der Waals surface area contributed by atoms with E-state index < -0.39 is 0 Å². The number of halogens is 1. The number of amides is 1. The van der Waals surface area contributed by atoms with Crippen molar-refractivity contribution >= 4 is 35.8 Å². The molecular weight excluding hydrogens is 483 g/mol. The third-order valence-electron chi connectivity index (χ3n) is 5.02. The molecule has 1 fully saturated rings. The van der Waals surface area contributed by atoms with Crippen molar-refractivity contribution in [1.29, 1.82) is 0 Å². The number of carbonyl (C=O) groups excluding carboxylic acids is 1. The molecule has 1 saturated heterocycles. The molecule has 0 unspecified atom stereocenters. The number of piperidine rings is 1. The van der Waals surface area contributed by atoms with Gasteiger partial charge >= 0.3 is 0 Å². The van der Waals surface area contributed by atoms with Crippen molar-refractivity contribution in [2.75, 3.05) is 40.9 Å². The number of nitrogens with zero attached hydrogens (tertiary/aromatic N) is 2. The van der Waals surface area contributed by atoms with Gasteiger partial charge in [-0.3, -0.25) is 9.79 Å². The lowest BCUT2D eigenvalue weighted by atomic mass is 9.93. The van der Waals surface area contributed by atoms with Gasteiger partial charge in [0.05, 0.1) is 13.7 Å². The van der Waals surface area contributed by atoms with Crippen molar-refractivity contribution in [3.05, 3.63) is 23.8 Å². The van der Waals surface area contributed by atoms with Crippen LogP contribution in [-0.2, 0) is 11.3 Å². The fourth-order valence-corrected chi connectivity index (χ4v) is 3.38. The highest BCUT2D eigenvalue weighted by molar-refractivity contribution is 14.0. The molecule has 7 nitrogen and oxygen atoms in total. The Balaban J connectivity index is 0.00000420. The van der Waals surface area contributed by atoms with Gasteiger partial charge in [0.2, 0.25) is 5.91 Å². The Kier molecular flexibility index (Phi) is 11.8. The van der Waals surface area contributed by atoms with Gasteiger partial charge in [0.15, 0.2) is 17.5 Å². The summed E-state index contributed by atoms with van der Waals surface area (Å²) >= 11 is 0. The molecule has 2 N–H and O–H groups in total. The molecule has 1 heterocycles. The van der Waals surface area contributed by atoms with Gasteiger partial charge in [0.25, 0.3) is 0 Å². The van der Waals surface area contributed by atoms with Gasteiger partial charge in [-0.15, -0.1) is 24.0 Å². The molecule has 164 valence electrons. The smallest absolute Gasteiger partial charge is 0.220 e. The van der Waals surface area contributed by atoms with E-state index in [9.17, 15) is 4.79 Å². The summed E-state index contributed by atoms with van der Waals surface area (Å²) in [6.45, 7) is 5.24. The maximum atomic E-state index is 11.6. The van der Waals surface area contributed by atoms with Crippen LogP contribution in [0.2, 0.25) is 0 Å². The second-order valence-electron chi connectivity index (χ2n) is 7.04. The molecule has 1 aromatic carbocycles. The van der Waals surface area contributed by atoms with E-state index in [1.54, 1.807) is 21.2 Å². The van der Waals surface area contributed by atoms with Crippen molar-refractivity contribution in [3.8, 4) is 11.5 Å². The maximum Gasteiger partial charge on any atom is 0.220 e. The molecule has 1 aliphatic rings. The fourth-order valence-electron chi connectivity index (χ4n) is 3.38. The van der Waals surface area contributed by atoms with Gasteiger partial charge in [-0.2, -0.15) is 0 Å². The monoisotopic (exact) mass is 518 g/mol. The number of hydrogen-bond donors (Lipinski definition) is 2. The minimum Gasteiger partial charge on any atom is -0.493 e. The Morgan fingerprint density at radius 1 is 1.28 bits per heavy atom. The summed E-state index contributed by atoms with van der Waals surface area (Å²) in [5.74, 6) is 2.99. The van der Waals surface area contributed by atoms with Crippen molar-refractivity contribution in [1.82, 2.24) is 15.5 Å². The summed E-state index contributed by atoms with van der Waals surface area (Å²) in [6.07, 6.45) is 3.59. The minimum atomic E-state index is 0. The van der Waals surface area contributed by atoms with Crippen LogP contribution in [-0.4, -0.2) is 57.7 Å². The maximum absolute atomic E-state index is 11.6. The Bertz CT molecular complexity index is 661. The molecule has 1 amide bonds. The average molecular weight is 518 g/mol. The number of likely N-dealkylation sites (tertiary alicyclic amines) is 1. The SMILES string of the molecule is CCCOc1ccc(CNC(=NC)N2CCC(CC(=O)NC)CC2)cc1OC.I. The highest BCUT2D eigenvalue weighted by Crippen LogP contribution is 2.28. The molecule has 0 aliphatic carbocycles. The van der Waals surface area contributed by atoms with Gasteiger partial charge in [-0.25, -0.2) is 0 Å². The largest absolute Gasteiger partial charge is 0.493 e. The molecule has 1 aromatic rings. The summed E-state index contributed by atoms with van der Waals surface area (Å²) in [5, 5.41) is 6.15.